The van der Waals surface area contributed by atoms with E-state index in [1.165, 1.54) is 0 Å². The second-order valence-corrected chi connectivity index (χ2v) is 6.22. The summed E-state index contributed by atoms with van der Waals surface area (Å²) >= 11 is 0. The van der Waals surface area contributed by atoms with E-state index in [4.69, 9.17) is 9.47 Å². The van der Waals surface area contributed by atoms with Crippen LogP contribution in [0.15, 0.2) is 12.1 Å². The lowest BCUT2D eigenvalue weighted by Gasteiger charge is -2.22. The van der Waals surface area contributed by atoms with E-state index >= 15 is 0 Å². The fourth-order valence-electron chi connectivity index (χ4n) is 1.69. The molecule has 0 N–H and O–H groups in total. The molecule has 0 saturated heterocycles. The first-order chi connectivity index (χ1) is 8.35. The predicted molar refractivity (Wildman–Crippen MR) is 72.4 cm³/mol. The monoisotopic (exact) mass is 249 g/mol. The number of nitrogens with zero attached hydrogens (tertiary/aromatic N) is 1. The number of ether oxygens (including phenoxy) is 2. The van der Waals surface area contributed by atoms with Crippen molar-refractivity contribution in [2.24, 2.45) is 0 Å². The summed E-state index contributed by atoms with van der Waals surface area (Å²) in [6, 6.07) is 3.89. The molecule has 0 radical (unpaired) electrons. The van der Waals surface area contributed by atoms with Crippen LogP contribution in [0.25, 0.3) is 0 Å². The number of hydrogen-bond acceptors (Lipinski definition) is 3. The molecule has 0 aliphatic heterocycles. The highest BCUT2D eigenvalue weighted by atomic mass is 16.5. The van der Waals surface area contributed by atoms with Crippen LogP contribution in [0.2, 0.25) is 0 Å². The SMILES string of the molecule is CC(C)c1nc(OC(C)(C)C)ccc1OC1CC1. The Morgan fingerprint density at radius 2 is 1.89 bits per heavy atom. The Kier molecular flexibility index (Phi) is 3.51. The zero-order valence-electron chi connectivity index (χ0n) is 12.0. The number of pyridine rings is 1. The summed E-state index contributed by atoms with van der Waals surface area (Å²) in [7, 11) is 0. The predicted octanol–water partition coefficient (Wildman–Crippen LogP) is 3.92. The van der Waals surface area contributed by atoms with Gasteiger partial charge in [-0.05, 0) is 45.6 Å². The van der Waals surface area contributed by atoms with E-state index < -0.39 is 0 Å². The molecule has 100 valence electrons. The molecule has 2 rings (SSSR count). The van der Waals surface area contributed by atoms with Gasteiger partial charge in [0, 0.05) is 6.07 Å². The van der Waals surface area contributed by atoms with Gasteiger partial charge in [-0.2, -0.15) is 0 Å². The molecule has 1 aliphatic rings. The van der Waals surface area contributed by atoms with E-state index in [0.717, 1.165) is 24.3 Å². The summed E-state index contributed by atoms with van der Waals surface area (Å²) in [5, 5.41) is 0. The molecule has 3 nitrogen and oxygen atoms in total. The van der Waals surface area contributed by atoms with Gasteiger partial charge in [-0.25, -0.2) is 4.98 Å². The molecular weight excluding hydrogens is 226 g/mol. The summed E-state index contributed by atoms with van der Waals surface area (Å²) in [5.41, 5.74) is 0.767. The standard InChI is InChI=1S/C15H23NO2/c1-10(2)14-12(17-11-6-7-11)8-9-13(16-14)18-15(3,4)5/h8-11H,6-7H2,1-5H3. The van der Waals surface area contributed by atoms with Crippen molar-refractivity contribution in [3.63, 3.8) is 0 Å². The first-order valence-corrected chi connectivity index (χ1v) is 6.72. The Morgan fingerprint density at radius 1 is 1.22 bits per heavy atom. The van der Waals surface area contributed by atoms with Crippen molar-refractivity contribution >= 4 is 0 Å². The van der Waals surface area contributed by atoms with Crippen molar-refractivity contribution in [2.45, 2.75) is 65.1 Å². The van der Waals surface area contributed by atoms with Crippen LogP contribution < -0.4 is 9.47 Å². The van der Waals surface area contributed by atoms with Crippen LogP contribution in [-0.2, 0) is 0 Å². The van der Waals surface area contributed by atoms with Gasteiger partial charge >= 0.3 is 0 Å². The molecule has 3 heteroatoms. The van der Waals surface area contributed by atoms with E-state index in [1.807, 2.05) is 32.9 Å². The minimum Gasteiger partial charge on any atom is -0.489 e. The van der Waals surface area contributed by atoms with E-state index in [0.29, 0.717) is 17.9 Å². The van der Waals surface area contributed by atoms with Crippen LogP contribution in [0.1, 0.15) is 59.1 Å². The van der Waals surface area contributed by atoms with Gasteiger partial charge in [-0.15, -0.1) is 0 Å². The Balaban J connectivity index is 2.21. The molecule has 1 aliphatic carbocycles. The van der Waals surface area contributed by atoms with Crippen molar-refractivity contribution in [2.75, 3.05) is 0 Å². The van der Waals surface area contributed by atoms with Gasteiger partial charge in [0.1, 0.15) is 11.4 Å². The number of aromatic nitrogens is 1. The fourth-order valence-corrected chi connectivity index (χ4v) is 1.69. The Labute approximate surface area is 110 Å². The Morgan fingerprint density at radius 3 is 2.39 bits per heavy atom. The van der Waals surface area contributed by atoms with Crippen LogP contribution in [0.5, 0.6) is 11.6 Å². The average molecular weight is 249 g/mol. The van der Waals surface area contributed by atoms with Crippen LogP contribution in [0.3, 0.4) is 0 Å². The Bertz CT molecular complexity index is 417. The van der Waals surface area contributed by atoms with Crippen molar-refractivity contribution in [1.82, 2.24) is 4.98 Å². The van der Waals surface area contributed by atoms with Crippen molar-refractivity contribution in [1.29, 1.82) is 0 Å². The highest BCUT2D eigenvalue weighted by molar-refractivity contribution is 5.34. The van der Waals surface area contributed by atoms with Gasteiger partial charge < -0.3 is 9.47 Å². The summed E-state index contributed by atoms with van der Waals surface area (Å²) in [6.45, 7) is 10.3. The second kappa shape index (κ2) is 4.79. The smallest absolute Gasteiger partial charge is 0.214 e. The summed E-state index contributed by atoms with van der Waals surface area (Å²) in [6.07, 6.45) is 2.73. The Hall–Kier alpha value is -1.25. The molecule has 18 heavy (non-hydrogen) atoms. The van der Waals surface area contributed by atoms with Gasteiger partial charge in [0.15, 0.2) is 0 Å². The lowest BCUT2D eigenvalue weighted by Crippen LogP contribution is -2.23. The molecule has 0 unspecified atom stereocenters. The van der Waals surface area contributed by atoms with E-state index in [-0.39, 0.29) is 5.60 Å². The van der Waals surface area contributed by atoms with Crippen LogP contribution >= 0.6 is 0 Å². The molecule has 1 aromatic heterocycles. The van der Waals surface area contributed by atoms with Gasteiger partial charge in [0.25, 0.3) is 0 Å². The molecule has 0 spiro atoms. The molecule has 1 aromatic rings. The van der Waals surface area contributed by atoms with Gasteiger partial charge in [0.2, 0.25) is 5.88 Å². The number of rotatable bonds is 4. The molecule has 0 aromatic carbocycles. The van der Waals surface area contributed by atoms with Crippen molar-refractivity contribution in [3.8, 4) is 11.6 Å². The lowest BCUT2D eigenvalue weighted by atomic mass is 10.1. The molecule has 1 heterocycles. The lowest BCUT2D eigenvalue weighted by molar-refractivity contribution is 0.123. The van der Waals surface area contributed by atoms with Crippen molar-refractivity contribution < 1.29 is 9.47 Å². The van der Waals surface area contributed by atoms with E-state index in [1.54, 1.807) is 0 Å². The van der Waals surface area contributed by atoms with Crippen LogP contribution in [0, 0.1) is 0 Å². The minimum absolute atomic E-state index is 0.222. The van der Waals surface area contributed by atoms with Gasteiger partial charge in [-0.1, -0.05) is 13.8 Å². The van der Waals surface area contributed by atoms with Gasteiger partial charge in [0.05, 0.1) is 11.8 Å². The molecule has 0 atom stereocenters. The van der Waals surface area contributed by atoms with Crippen molar-refractivity contribution in [3.05, 3.63) is 17.8 Å². The highest BCUT2D eigenvalue weighted by Crippen LogP contribution is 2.33. The normalized spacial score (nSPS) is 15.9. The third-order valence-electron chi connectivity index (χ3n) is 2.64. The molecular formula is C15H23NO2. The maximum atomic E-state index is 5.88. The largest absolute Gasteiger partial charge is 0.489 e. The molecule has 1 saturated carbocycles. The average Bonchev–Trinajstić information content (AvgIpc) is 3.01. The maximum Gasteiger partial charge on any atom is 0.214 e. The molecule has 0 bridgehead atoms. The third kappa shape index (κ3) is 3.62. The highest BCUT2D eigenvalue weighted by Gasteiger charge is 2.26. The molecule has 1 fully saturated rings. The minimum atomic E-state index is -0.222. The number of hydrogen-bond donors (Lipinski definition) is 0. The van der Waals surface area contributed by atoms with Crippen LogP contribution in [-0.4, -0.2) is 16.7 Å². The summed E-state index contributed by atoms with van der Waals surface area (Å²) < 4.78 is 11.7. The van der Waals surface area contributed by atoms with Gasteiger partial charge in [-0.3, -0.25) is 0 Å². The fraction of sp³-hybridized carbons (Fsp3) is 0.667. The first kappa shape index (κ1) is 13.2. The topological polar surface area (TPSA) is 31.4 Å². The quantitative estimate of drug-likeness (QED) is 0.810. The van der Waals surface area contributed by atoms with E-state index in [9.17, 15) is 0 Å². The summed E-state index contributed by atoms with van der Waals surface area (Å²) in [5.74, 6) is 1.92. The second-order valence-electron chi connectivity index (χ2n) is 6.22. The summed E-state index contributed by atoms with van der Waals surface area (Å²) in [4.78, 5) is 4.59. The van der Waals surface area contributed by atoms with E-state index in [2.05, 4.69) is 18.8 Å². The zero-order valence-corrected chi connectivity index (χ0v) is 12.0. The molecule has 0 amide bonds. The van der Waals surface area contributed by atoms with Crippen LogP contribution in [0.4, 0.5) is 0 Å². The zero-order chi connectivity index (χ0) is 13.3. The maximum absolute atomic E-state index is 5.88. The first-order valence-electron chi connectivity index (χ1n) is 6.72. The third-order valence-corrected chi connectivity index (χ3v) is 2.64.